The van der Waals surface area contributed by atoms with E-state index in [0.29, 0.717) is 5.02 Å². The van der Waals surface area contributed by atoms with Crippen LogP contribution < -0.4 is 5.32 Å². The highest BCUT2D eigenvalue weighted by Crippen LogP contribution is 2.25. The molecule has 1 aliphatic carbocycles. The number of benzene rings is 1. The molecule has 1 fully saturated rings. The normalized spacial score (nSPS) is 16.1. The van der Waals surface area contributed by atoms with Crippen LogP contribution in [0.3, 0.4) is 0 Å². The number of sulfone groups is 1. The Labute approximate surface area is 134 Å². The van der Waals surface area contributed by atoms with Crippen LogP contribution in [0.4, 0.5) is 0 Å². The molecule has 0 heterocycles. The Balaban J connectivity index is 1.94. The van der Waals surface area contributed by atoms with Crippen molar-refractivity contribution in [3.05, 3.63) is 28.2 Å². The van der Waals surface area contributed by atoms with Gasteiger partial charge in [0, 0.05) is 12.5 Å². The molecule has 0 aromatic heterocycles. The predicted octanol–water partition coefficient (Wildman–Crippen LogP) is 3.22. The Hall–Kier alpha value is -0.780. The molecule has 1 N–H and O–H groups in total. The van der Waals surface area contributed by atoms with E-state index in [1.165, 1.54) is 18.2 Å². The molecule has 21 heavy (non-hydrogen) atoms. The summed E-state index contributed by atoms with van der Waals surface area (Å²) >= 11 is 11.6. The van der Waals surface area contributed by atoms with Gasteiger partial charge in [0.2, 0.25) is 5.91 Å². The first-order valence-electron chi connectivity index (χ1n) is 6.85. The zero-order chi connectivity index (χ0) is 15.5. The predicted molar refractivity (Wildman–Crippen MR) is 83.5 cm³/mol. The first-order chi connectivity index (χ1) is 9.88. The Kier molecular flexibility index (Phi) is 5.52. The molecule has 4 nitrogen and oxygen atoms in total. The van der Waals surface area contributed by atoms with Crippen LogP contribution in [0, 0.1) is 0 Å². The Morgan fingerprint density at radius 2 is 1.86 bits per heavy atom. The Bertz CT molecular complexity index is 625. The van der Waals surface area contributed by atoms with Gasteiger partial charge in [-0.25, -0.2) is 8.42 Å². The summed E-state index contributed by atoms with van der Waals surface area (Å²) < 4.78 is 24.3. The first kappa shape index (κ1) is 16.6. The molecule has 116 valence electrons. The van der Waals surface area contributed by atoms with Crippen molar-refractivity contribution in [3.63, 3.8) is 0 Å². The fourth-order valence-corrected chi connectivity index (χ4v) is 4.01. The van der Waals surface area contributed by atoms with Gasteiger partial charge in [-0.15, -0.1) is 0 Å². The molecule has 0 saturated heterocycles. The molecule has 1 aromatic rings. The summed E-state index contributed by atoms with van der Waals surface area (Å²) in [7, 11) is -3.53. The number of nitrogens with one attached hydrogen (secondary N) is 1. The largest absolute Gasteiger partial charge is 0.353 e. The maximum absolute atomic E-state index is 12.2. The highest BCUT2D eigenvalue weighted by atomic mass is 35.5. The molecular formula is C14H17Cl2NO3S. The summed E-state index contributed by atoms with van der Waals surface area (Å²) in [6, 6.07) is 4.35. The van der Waals surface area contributed by atoms with Crippen LogP contribution >= 0.6 is 23.2 Å². The third kappa shape index (κ3) is 4.59. The zero-order valence-corrected chi connectivity index (χ0v) is 13.8. The van der Waals surface area contributed by atoms with Crippen LogP contribution in [0.25, 0.3) is 0 Å². The third-order valence-electron chi connectivity index (χ3n) is 3.57. The SMILES string of the molecule is O=C(CCS(=O)(=O)c1ccc(Cl)c(Cl)c1)NC1CCCC1. The van der Waals surface area contributed by atoms with Gasteiger partial charge >= 0.3 is 0 Å². The lowest BCUT2D eigenvalue weighted by Crippen LogP contribution is -2.33. The van der Waals surface area contributed by atoms with Gasteiger partial charge in [0.25, 0.3) is 0 Å². The number of amides is 1. The van der Waals surface area contributed by atoms with E-state index in [4.69, 9.17) is 23.2 Å². The van der Waals surface area contributed by atoms with Gasteiger partial charge in [0.1, 0.15) is 0 Å². The number of hydrogen-bond donors (Lipinski definition) is 1. The summed E-state index contributed by atoms with van der Waals surface area (Å²) in [4.78, 5) is 11.9. The molecule has 0 radical (unpaired) electrons. The first-order valence-corrected chi connectivity index (χ1v) is 9.26. The quantitative estimate of drug-likeness (QED) is 0.887. The minimum absolute atomic E-state index is 0.0426. The van der Waals surface area contributed by atoms with Crippen molar-refractivity contribution in [1.29, 1.82) is 0 Å². The Morgan fingerprint density at radius 1 is 1.19 bits per heavy atom. The molecule has 1 saturated carbocycles. The van der Waals surface area contributed by atoms with E-state index in [2.05, 4.69) is 5.32 Å². The molecule has 0 aliphatic heterocycles. The number of halogens is 2. The van der Waals surface area contributed by atoms with Crippen LogP contribution in [0.15, 0.2) is 23.1 Å². The number of hydrogen-bond acceptors (Lipinski definition) is 3. The molecule has 0 bridgehead atoms. The van der Waals surface area contributed by atoms with Crippen molar-refractivity contribution >= 4 is 38.9 Å². The van der Waals surface area contributed by atoms with Gasteiger partial charge < -0.3 is 5.32 Å². The maximum atomic E-state index is 12.2. The summed E-state index contributed by atoms with van der Waals surface area (Å²) in [5, 5.41) is 3.36. The van der Waals surface area contributed by atoms with Crippen LogP contribution in [-0.4, -0.2) is 26.1 Å². The van der Waals surface area contributed by atoms with E-state index in [1.807, 2.05) is 0 Å². The van der Waals surface area contributed by atoms with Crippen molar-refractivity contribution in [2.45, 2.75) is 43.0 Å². The van der Waals surface area contributed by atoms with Gasteiger partial charge in [0.15, 0.2) is 9.84 Å². The van der Waals surface area contributed by atoms with Gasteiger partial charge in [-0.2, -0.15) is 0 Å². The third-order valence-corrected chi connectivity index (χ3v) is 6.02. The summed E-state index contributed by atoms with van der Waals surface area (Å²) in [5.41, 5.74) is 0. The van der Waals surface area contributed by atoms with E-state index >= 15 is 0 Å². The molecule has 1 aliphatic rings. The van der Waals surface area contributed by atoms with Crippen molar-refractivity contribution in [1.82, 2.24) is 5.32 Å². The van der Waals surface area contributed by atoms with Crippen LogP contribution in [0.2, 0.25) is 10.0 Å². The molecule has 0 spiro atoms. The second kappa shape index (κ2) is 6.99. The minimum Gasteiger partial charge on any atom is -0.353 e. The molecule has 0 atom stereocenters. The van der Waals surface area contributed by atoms with Crippen molar-refractivity contribution in [2.75, 3.05) is 5.75 Å². The van der Waals surface area contributed by atoms with Gasteiger partial charge in [-0.05, 0) is 31.0 Å². The standard InChI is InChI=1S/C14H17Cl2NO3S/c15-12-6-5-11(9-13(12)16)21(19,20)8-7-14(18)17-10-3-1-2-4-10/h5-6,9-10H,1-4,7-8H2,(H,17,18). The van der Waals surface area contributed by atoms with Gasteiger partial charge in [-0.3, -0.25) is 4.79 Å². The van der Waals surface area contributed by atoms with E-state index in [-0.39, 0.29) is 34.0 Å². The molecular weight excluding hydrogens is 333 g/mol. The highest BCUT2D eigenvalue weighted by molar-refractivity contribution is 7.91. The van der Waals surface area contributed by atoms with Crippen LogP contribution in [0.5, 0.6) is 0 Å². The lowest BCUT2D eigenvalue weighted by atomic mass is 10.2. The summed E-state index contributed by atoms with van der Waals surface area (Å²) in [6.07, 6.45) is 4.15. The monoisotopic (exact) mass is 349 g/mol. The van der Waals surface area contributed by atoms with E-state index in [0.717, 1.165) is 25.7 Å². The van der Waals surface area contributed by atoms with Gasteiger partial charge in [0.05, 0.1) is 20.7 Å². The van der Waals surface area contributed by atoms with Crippen molar-refractivity contribution in [3.8, 4) is 0 Å². The Morgan fingerprint density at radius 3 is 2.48 bits per heavy atom. The fourth-order valence-electron chi connectivity index (χ4n) is 2.39. The van der Waals surface area contributed by atoms with Crippen LogP contribution in [-0.2, 0) is 14.6 Å². The molecule has 0 unspecified atom stereocenters. The van der Waals surface area contributed by atoms with Crippen LogP contribution in [0.1, 0.15) is 32.1 Å². The fraction of sp³-hybridized carbons (Fsp3) is 0.500. The van der Waals surface area contributed by atoms with E-state index in [1.54, 1.807) is 0 Å². The van der Waals surface area contributed by atoms with Crippen molar-refractivity contribution < 1.29 is 13.2 Å². The van der Waals surface area contributed by atoms with E-state index in [9.17, 15) is 13.2 Å². The minimum atomic E-state index is -3.53. The molecule has 1 amide bonds. The van der Waals surface area contributed by atoms with Crippen molar-refractivity contribution in [2.24, 2.45) is 0 Å². The average Bonchev–Trinajstić information content (AvgIpc) is 2.92. The lowest BCUT2D eigenvalue weighted by molar-refractivity contribution is -0.121. The smallest absolute Gasteiger partial charge is 0.221 e. The number of carbonyl (C=O) groups is 1. The zero-order valence-electron chi connectivity index (χ0n) is 11.4. The highest BCUT2D eigenvalue weighted by Gasteiger charge is 2.20. The molecule has 7 heteroatoms. The summed E-state index contributed by atoms with van der Waals surface area (Å²) in [6.45, 7) is 0. The lowest BCUT2D eigenvalue weighted by Gasteiger charge is -2.12. The second-order valence-electron chi connectivity index (χ2n) is 5.19. The second-order valence-corrected chi connectivity index (χ2v) is 8.12. The number of carbonyl (C=O) groups excluding carboxylic acids is 1. The molecule has 2 rings (SSSR count). The van der Waals surface area contributed by atoms with E-state index < -0.39 is 9.84 Å². The average molecular weight is 350 g/mol. The topological polar surface area (TPSA) is 63.2 Å². The summed E-state index contributed by atoms with van der Waals surface area (Å²) in [5.74, 6) is -0.450. The maximum Gasteiger partial charge on any atom is 0.221 e. The number of rotatable bonds is 5. The molecule has 1 aromatic carbocycles. The van der Waals surface area contributed by atoms with Gasteiger partial charge in [-0.1, -0.05) is 36.0 Å².